The molecule has 1 N–H and O–H groups in total. The molecule has 0 spiro atoms. The van der Waals surface area contributed by atoms with Crippen LogP contribution in [0.3, 0.4) is 0 Å². The van der Waals surface area contributed by atoms with Crippen LogP contribution < -0.4 is 10.9 Å². The summed E-state index contributed by atoms with van der Waals surface area (Å²) < 4.78 is 1.58. The third-order valence-electron chi connectivity index (χ3n) is 3.21. The Morgan fingerprint density at radius 2 is 2.25 bits per heavy atom. The summed E-state index contributed by atoms with van der Waals surface area (Å²) >= 11 is 0. The van der Waals surface area contributed by atoms with Crippen molar-refractivity contribution >= 4 is 0 Å². The molecule has 2 heterocycles. The van der Waals surface area contributed by atoms with E-state index >= 15 is 0 Å². The fraction of sp³-hybridized carbons (Fsp3) is 0.667. The van der Waals surface area contributed by atoms with E-state index in [2.05, 4.69) is 10.4 Å². The maximum atomic E-state index is 11.6. The zero-order chi connectivity index (χ0) is 11.4. The number of hydrogen-bond donors (Lipinski definition) is 1. The first kappa shape index (κ1) is 11.3. The number of hydrogen-bond acceptors (Lipinski definition) is 3. The van der Waals surface area contributed by atoms with E-state index in [-0.39, 0.29) is 5.56 Å². The highest BCUT2D eigenvalue weighted by atomic mass is 16.1. The summed E-state index contributed by atoms with van der Waals surface area (Å²) in [7, 11) is 0. The van der Waals surface area contributed by atoms with E-state index in [9.17, 15) is 4.79 Å². The third kappa shape index (κ3) is 2.92. The highest BCUT2D eigenvalue weighted by Crippen LogP contribution is 2.15. The molecule has 16 heavy (non-hydrogen) atoms. The second-order valence-corrected chi connectivity index (χ2v) is 4.58. The van der Waals surface area contributed by atoms with Crippen LogP contribution in [-0.4, -0.2) is 22.9 Å². The van der Waals surface area contributed by atoms with Crippen molar-refractivity contribution in [2.45, 2.75) is 32.7 Å². The van der Waals surface area contributed by atoms with Crippen molar-refractivity contribution in [3.05, 3.63) is 28.2 Å². The molecule has 1 aliphatic rings. The van der Waals surface area contributed by atoms with Gasteiger partial charge in [0.25, 0.3) is 5.56 Å². The van der Waals surface area contributed by atoms with Gasteiger partial charge >= 0.3 is 0 Å². The Kier molecular flexibility index (Phi) is 3.72. The fourth-order valence-corrected chi connectivity index (χ4v) is 2.17. The molecule has 0 unspecified atom stereocenters. The number of piperidine rings is 1. The SMILES string of the molecule is Cc1cnn(CCC2CCNCC2)c(=O)c1. The zero-order valence-electron chi connectivity index (χ0n) is 9.78. The monoisotopic (exact) mass is 221 g/mol. The number of aryl methyl sites for hydroxylation is 2. The van der Waals surface area contributed by atoms with Crippen LogP contribution in [0.5, 0.6) is 0 Å². The van der Waals surface area contributed by atoms with Gasteiger partial charge in [-0.05, 0) is 50.8 Å². The molecular formula is C12H19N3O. The maximum absolute atomic E-state index is 11.6. The quantitative estimate of drug-likeness (QED) is 0.826. The van der Waals surface area contributed by atoms with Crippen LogP contribution in [0.15, 0.2) is 17.1 Å². The standard InChI is InChI=1S/C12H19N3O/c1-10-8-12(16)15(14-9-10)7-4-11-2-5-13-6-3-11/h8-9,11,13H,2-7H2,1H3. The van der Waals surface area contributed by atoms with Gasteiger partial charge in [0.15, 0.2) is 0 Å². The predicted octanol–water partition coefficient (Wildman–Crippen LogP) is 0.941. The average Bonchev–Trinajstić information content (AvgIpc) is 2.29. The Morgan fingerprint density at radius 3 is 2.94 bits per heavy atom. The number of nitrogens with zero attached hydrogens (tertiary/aromatic N) is 2. The van der Waals surface area contributed by atoms with Crippen molar-refractivity contribution in [3.63, 3.8) is 0 Å². The van der Waals surface area contributed by atoms with Gasteiger partial charge in [0.2, 0.25) is 0 Å². The molecule has 1 saturated heterocycles. The third-order valence-corrected chi connectivity index (χ3v) is 3.21. The van der Waals surface area contributed by atoms with E-state index in [1.54, 1.807) is 16.9 Å². The molecule has 1 fully saturated rings. The summed E-state index contributed by atoms with van der Waals surface area (Å²) in [5.41, 5.74) is 0.956. The summed E-state index contributed by atoms with van der Waals surface area (Å²) in [4.78, 5) is 11.6. The summed E-state index contributed by atoms with van der Waals surface area (Å²) in [5.74, 6) is 0.747. The number of rotatable bonds is 3. The van der Waals surface area contributed by atoms with E-state index in [1.165, 1.54) is 12.8 Å². The summed E-state index contributed by atoms with van der Waals surface area (Å²) in [6.45, 7) is 4.87. The van der Waals surface area contributed by atoms with Gasteiger partial charge in [0.1, 0.15) is 0 Å². The van der Waals surface area contributed by atoms with Crippen LogP contribution in [-0.2, 0) is 6.54 Å². The Labute approximate surface area is 95.7 Å². The minimum absolute atomic E-state index is 0.0222. The van der Waals surface area contributed by atoms with Crippen LogP contribution in [0.2, 0.25) is 0 Å². The molecule has 4 heteroatoms. The molecule has 0 amide bonds. The minimum atomic E-state index is 0.0222. The fourth-order valence-electron chi connectivity index (χ4n) is 2.17. The van der Waals surface area contributed by atoms with Crippen LogP contribution in [0.4, 0.5) is 0 Å². The van der Waals surface area contributed by atoms with Gasteiger partial charge in [-0.25, -0.2) is 4.68 Å². The van der Waals surface area contributed by atoms with Crippen LogP contribution in [0.1, 0.15) is 24.8 Å². The predicted molar refractivity (Wildman–Crippen MR) is 63.4 cm³/mol. The summed E-state index contributed by atoms with van der Waals surface area (Å²) in [6.07, 6.45) is 5.27. The smallest absolute Gasteiger partial charge is 0.266 e. The first-order valence-electron chi connectivity index (χ1n) is 6.00. The summed E-state index contributed by atoms with van der Waals surface area (Å²) in [6, 6.07) is 1.65. The zero-order valence-corrected chi connectivity index (χ0v) is 9.78. The second-order valence-electron chi connectivity index (χ2n) is 4.58. The highest BCUT2D eigenvalue weighted by molar-refractivity contribution is 5.02. The Morgan fingerprint density at radius 1 is 1.50 bits per heavy atom. The van der Waals surface area contributed by atoms with Crippen LogP contribution in [0, 0.1) is 12.8 Å². The van der Waals surface area contributed by atoms with Crippen molar-refractivity contribution in [3.8, 4) is 0 Å². The van der Waals surface area contributed by atoms with Gasteiger partial charge in [-0.15, -0.1) is 0 Å². The lowest BCUT2D eigenvalue weighted by molar-refractivity contribution is 0.329. The maximum Gasteiger partial charge on any atom is 0.266 e. The van der Waals surface area contributed by atoms with Crippen molar-refractivity contribution in [1.29, 1.82) is 0 Å². The van der Waals surface area contributed by atoms with Gasteiger partial charge in [-0.1, -0.05) is 0 Å². The van der Waals surface area contributed by atoms with E-state index < -0.39 is 0 Å². The molecular weight excluding hydrogens is 202 g/mol. The molecule has 1 aliphatic heterocycles. The lowest BCUT2D eigenvalue weighted by Crippen LogP contribution is -2.29. The van der Waals surface area contributed by atoms with E-state index in [0.29, 0.717) is 0 Å². The lowest BCUT2D eigenvalue weighted by atomic mass is 9.95. The van der Waals surface area contributed by atoms with Gasteiger partial charge in [0, 0.05) is 12.6 Å². The first-order valence-corrected chi connectivity index (χ1v) is 6.00. The van der Waals surface area contributed by atoms with E-state index in [0.717, 1.165) is 37.5 Å². The van der Waals surface area contributed by atoms with Crippen molar-refractivity contribution in [1.82, 2.24) is 15.1 Å². The molecule has 1 aromatic heterocycles. The Hall–Kier alpha value is -1.16. The Bertz CT molecular complexity index is 393. The van der Waals surface area contributed by atoms with Gasteiger partial charge in [-0.2, -0.15) is 5.10 Å². The normalized spacial score (nSPS) is 17.6. The number of nitrogens with one attached hydrogen (secondary N) is 1. The van der Waals surface area contributed by atoms with Gasteiger partial charge in [-0.3, -0.25) is 4.79 Å². The molecule has 0 radical (unpaired) electrons. The second kappa shape index (κ2) is 5.25. The van der Waals surface area contributed by atoms with Crippen molar-refractivity contribution < 1.29 is 0 Å². The molecule has 0 aliphatic carbocycles. The van der Waals surface area contributed by atoms with Crippen LogP contribution in [0.25, 0.3) is 0 Å². The van der Waals surface area contributed by atoms with Gasteiger partial charge < -0.3 is 5.32 Å². The van der Waals surface area contributed by atoms with E-state index in [1.807, 2.05) is 6.92 Å². The largest absolute Gasteiger partial charge is 0.317 e. The average molecular weight is 221 g/mol. The molecule has 0 atom stereocenters. The van der Waals surface area contributed by atoms with Crippen molar-refractivity contribution in [2.75, 3.05) is 13.1 Å². The molecule has 0 bridgehead atoms. The molecule has 4 nitrogen and oxygen atoms in total. The van der Waals surface area contributed by atoms with E-state index in [4.69, 9.17) is 0 Å². The molecule has 0 aromatic carbocycles. The molecule has 0 saturated carbocycles. The molecule has 1 aromatic rings. The van der Waals surface area contributed by atoms with Crippen molar-refractivity contribution in [2.24, 2.45) is 5.92 Å². The van der Waals surface area contributed by atoms with Gasteiger partial charge in [0.05, 0.1) is 6.20 Å². The summed E-state index contributed by atoms with van der Waals surface area (Å²) in [5, 5.41) is 7.50. The molecule has 2 rings (SSSR count). The lowest BCUT2D eigenvalue weighted by Gasteiger charge is -2.22. The Balaban J connectivity index is 1.91. The molecule has 88 valence electrons. The number of aromatic nitrogens is 2. The minimum Gasteiger partial charge on any atom is -0.317 e. The van der Waals surface area contributed by atoms with Crippen LogP contribution >= 0.6 is 0 Å². The topological polar surface area (TPSA) is 46.9 Å². The first-order chi connectivity index (χ1) is 7.75. The highest BCUT2D eigenvalue weighted by Gasteiger charge is 2.13.